The second-order valence-electron chi connectivity index (χ2n) is 4.76. The highest BCUT2D eigenvalue weighted by Crippen LogP contribution is 2.24. The summed E-state index contributed by atoms with van der Waals surface area (Å²) in [5.41, 5.74) is 0. The number of rotatable bonds is 5. The largest absolute Gasteiger partial charge is 0.317 e. The van der Waals surface area contributed by atoms with Crippen LogP contribution in [0.25, 0.3) is 0 Å². The smallest absolute Gasteiger partial charge is 0.0157 e. The molecule has 3 heteroatoms. The molecule has 0 aromatic rings. The molecule has 0 amide bonds. The molecule has 1 aliphatic rings. The molecule has 0 spiro atoms. The van der Waals surface area contributed by atoms with Crippen molar-refractivity contribution in [3.8, 4) is 0 Å². The predicted molar refractivity (Wildman–Crippen MR) is 70.7 cm³/mol. The fourth-order valence-electron chi connectivity index (χ4n) is 2.49. The third kappa shape index (κ3) is 3.97. The average molecular weight is 230 g/mol. The molecule has 90 valence electrons. The molecular weight excluding hydrogens is 204 g/mol. The van der Waals surface area contributed by atoms with Crippen LogP contribution in [0.2, 0.25) is 0 Å². The normalized spacial score (nSPS) is 29.4. The first kappa shape index (κ1) is 13.3. The Labute approximate surface area is 99.2 Å². The molecule has 1 saturated carbocycles. The Morgan fingerprint density at radius 2 is 1.93 bits per heavy atom. The van der Waals surface area contributed by atoms with Crippen molar-refractivity contribution in [2.45, 2.75) is 50.7 Å². The Morgan fingerprint density at radius 1 is 1.33 bits per heavy atom. The summed E-state index contributed by atoms with van der Waals surface area (Å²) < 4.78 is 0. The van der Waals surface area contributed by atoms with Crippen LogP contribution in [0.15, 0.2) is 0 Å². The molecule has 0 heterocycles. The summed E-state index contributed by atoms with van der Waals surface area (Å²) in [7, 11) is 4.39. The van der Waals surface area contributed by atoms with Crippen molar-refractivity contribution in [3.05, 3.63) is 0 Å². The molecule has 0 aromatic heterocycles. The van der Waals surface area contributed by atoms with E-state index in [4.69, 9.17) is 0 Å². The van der Waals surface area contributed by atoms with Crippen molar-refractivity contribution < 1.29 is 0 Å². The maximum absolute atomic E-state index is 3.40. The molecule has 0 aromatic carbocycles. The third-order valence-electron chi connectivity index (χ3n) is 3.78. The second kappa shape index (κ2) is 6.77. The number of thioether (sulfide) groups is 1. The van der Waals surface area contributed by atoms with Crippen LogP contribution in [0, 0.1) is 0 Å². The summed E-state index contributed by atoms with van der Waals surface area (Å²) in [6, 6.07) is 2.30. The number of hydrogen-bond donors (Lipinski definition) is 1. The first-order chi connectivity index (χ1) is 7.19. The van der Waals surface area contributed by atoms with E-state index in [1.165, 1.54) is 31.4 Å². The van der Waals surface area contributed by atoms with Crippen molar-refractivity contribution in [1.29, 1.82) is 0 Å². The number of nitrogens with one attached hydrogen (secondary N) is 1. The van der Waals surface area contributed by atoms with Gasteiger partial charge in [0.1, 0.15) is 0 Å². The zero-order valence-electron chi connectivity index (χ0n) is 10.6. The standard InChI is InChI=1S/C12H26N2S/c1-10(9-15-4)14(3)12-7-5-11(13-2)6-8-12/h10-13H,5-9H2,1-4H3. The first-order valence-electron chi connectivity index (χ1n) is 6.07. The predicted octanol–water partition coefficient (Wildman–Crippen LogP) is 2.20. The van der Waals surface area contributed by atoms with Gasteiger partial charge in [-0.2, -0.15) is 11.8 Å². The van der Waals surface area contributed by atoms with Gasteiger partial charge in [-0.3, -0.25) is 4.90 Å². The average Bonchev–Trinajstić information content (AvgIpc) is 2.28. The maximum Gasteiger partial charge on any atom is 0.0157 e. The summed E-state index contributed by atoms with van der Waals surface area (Å²) in [5.74, 6) is 1.25. The van der Waals surface area contributed by atoms with E-state index < -0.39 is 0 Å². The van der Waals surface area contributed by atoms with Gasteiger partial charge in [0, 0.05) is 23.9 Å². The lowest BCUT2D eigenvalue weighted by atomic mass is 9.90. The van der Waals surface area contributed by atoms with Crippen LogP contribution >= 0.6 is 11.8 Å². The third-order valence-corrected chi connectivity index (χ3v) is 4.60. The van der Waals surface area contributed by atoms with Crippen LogP contribution in [0.3, 0.4) is 0 Å². The minimum atomic E-state index is 0.719. The van der Waals surface area contributed by atoms with Gasteiger partial charge < -0.3 is 5.32 Å². The lowest BCUT2D eigenvalue weighted by Crippen LogP contribution is -2.44. The minimum absolute atomic E-state index is 0.719. The quantitative estimate of drug-likeness (QED) is 0.779. The van der Waals surface area contributed by atoms with E-state index in [9.17, 15) is 0 Å². The highest BCUT2D eigenvalue weighted by Gasteiger charge is 2.25. The summed E-state index contributed by atoms with van der Waals surface area (Å²) in [6.45, 7) is 2.35. The van der Waals surface area contributed by atoms with Gasteiger partial charge in [-0.25, -0.2) is 0 Å². The van der Waals surface area contributed by atoms with Crippen molar-refractivity contribution in [1.82, 2.24) is 10.2 Å². The van der Waals surface area contributed by atoms with Gasteiger partial charge in [-0.1, -0.05) is 0 Å². The monoisotopic (exact) mass is 230 g/mol. The zero-order chi connectivity index (χ0) is 11.3. The van der Waals surface area contributed by atoms with Crippen LogP contribution in [-0.2, 0) is 0 Å². The molecular formula is C12H26N2S. The maximum atomic E-state index is 3.40. The summed E-state index contributed by atoms with van der Waals surface area (Å²) >= 11 is 1.95. The molecule has 1 fully saturated rings. The van der Waals surface area contributed by atoms with Crippen molar-refractivity contribution in [2.24, 2.45) is 0 Å². The van der Waals surface area contributed by atoms with Crippen LogP contribution in [0.1, 0.15) is 32.6 Å². The molecule has 1 rings (SSSR count). The molecule has 0 radical (unpaired) electrons. The van der Waals surface area contributed by atoms with Gasteiger partial charge >= 0.3 is 0 Å². The Morgan fingerprint density at radius 3 is 2.40 bits per heavy atom. The van der Waals surface area contributed by atoms with Crippen molar-refractivity contribution >= 4 is 11.8 Å². The van der Waals surface area contributed by atoms with E-state index in [0.29, 0.717) is 0 Å². The highest BCUT2D eigenvalue weighted by atomic mass is 32.2. The van der Waals surface area contributed by atoms with E-state index >= 15 is 0 Å². The highest BCUT2D eigenvalue weighted by molar-refractivity contribution is 7.98. The summed E-state index contributed by atoms with van der Waals surface area (Å²) in [5, 5.41) is 3.40. The molecule has 0 saturated heterocycles. The molecule has 15 heavy (non-hydrogen) atoms. The van der Waals surface area contributed by atoms with Gasteiger partial charge in [0.2, 0.25) is 0 Å². The SMILES string of the molecule is CNC1CCC(N(C)C(C)CSC)CC1. The number of hydrogen-bond acceptors (Lipinski definition) is 3. The molecule has 1 aliphatic carbocycles. The zero-order valence-corrected chi connectivity index (χ0v) is 11.4. The van der Waals surface area contributed by atoms with Crippen molar-refractivity contribution in [3.63, 3.8) is 0 Å². The fourth-order valence-corrected chi connectivity index (χ4v) is 3.21. The van der Waals surface area contributed by atoms with Crippen LogP contribution in [0.5, 0.6) is 0 Å². The molecule has 2 nitrogen and oxygen atoms in total. The van der Waals surface area contributed by atoms with E-state index in [0.717, 1.165) is 18.1 Å². The van der Waals surface area contributed by atoms with E-state index in [2.05, 4.69) is 37.5 Å². The molecule has 1 atom stereocenters. The van der Waals surface area contributed by atoms with Gasteiger partial charge in [0.15, 0.2) is 0 Å². The van der Waals surface area contributed by atoms with Crippen LogP contribution in [0.4, 0.5) is 0 Å². The van der Waals surface area contributed by atoms with Gasteiger partial charge in [-0.15, -0.1) is 0 Å². The fraction of sp³-hybridized carbons (Fsp3) is 1.00. The van der Waals surface area contributed by atoms with Gasteiger partial charge in [0.05, 0.1) is 0 Å². The van der Waals surface area contributed by atoms with E-state index in [-0.39, 0.29) is 0 Å². The summed E-state index contributed by atoms with van der Waals surface area (Å²) in [6.07, 6.45) is 7.61. The Hall–Kier alpha value is 0.270. The second-order valence-corrected chi connectivity index (χ2v) is 5.67. The lowest BCUT2D eigenvalue weighted by molar-refractivity contribution is 0.146. The first-order valence-corrected chi connectivity index (χ1v) is 7.46. The van der Waals surface area contributed by atoms with E-state index in [1.54, 1.807) is 0 Å². The minimum Gasteiger partial charge on any atom is -0.317 e. The van der Waals surface area contributed by atoms with Gasteiger partial charge in [0.25, 0.3) is 0 Å². The van der Waals surface area contributed by atoms with Gasteiger partial charge in [-0.05, 0) is 53.0 Å². The van der Waals surface area contributed by atoms with Crippen molar-refractivity contribution in [2.75, 3.05) is 26.1 Å². The molecule has 1 unspecified atom stereocenters. The molecule has 0 aliphatic heterocycles. The van der Waals surface area contributed by atoms with Crippen LogP contribution < -0.4 is 5.32 Å². The van der Waals surface area contributed by atoms with E-state index in [1.807, 2.05) is 11.8 Å². The van der Waals surface area contributed by atoms with Crippen LogP contribution in [-0.4, -0.2) is 49.1 Å². The Balaban J connectivity index is 2.32. The topological polar surface area (TPSA) is 15.3 Å². The summed E-state index contributed by atoms with van der Waals surface area (Å²) in [4.78, 5) is 2.59. The number of nitrogens with zero attached hydrogens (tertiary/aromatic N) is 1. The Bertz CT molecular complexity index is 167. The lowest BCUT2D eigenvalue weighted by Gasteiger charge is -2.37. The molecule has 0 bridgehead atoms. The Kier molecular flexibility index (Phi) is 6.02. The molecule has 1 N–H and O–H groups in total.